The molecule has 0 saturated carbocycles. The van der Waals surface area contributed by atoms with Crippen LogP contribution in [0.5, 0.6) is 5.75 Å². The predicted molar refractivity (Wildman–Crippen MR) is 78.5 cm³/mol. The molecule has 3 aromatic rings. The summed E-state index contributed by atoms with van der Waals surface area (Å²) in [6.45, 7) is 4.73. The minimum absolute atomic E-state index is 0.568. The summed E-state index contributed by atoms with van der Waals surface area (Å²) in [5, 5.41) is 1.23. The number of aromatic nitrogens is 1. The van der Waals surface area contributed by atoms with E-state index in [2.05, 4.69) is 49.2 Å². The largest absolute Gasteiger partial charge is 0.487 e. The van der Waals surface area contributed by atoms with Crippen LogP contribution in [0.15, 0.2) is 48.5 Å². The molecule has 0 spiro atoms. The number of aromatic amines is 1. The van der Waals surface area contributed by atoms with Crippen molar-refractivity contribution in [3.8, 4) is 5.75 Å². The topological polar surface area (TPSA) is 25.0 Å². The Morgan fingerprint density at radius 3 is 2.68 bits per heavy atom. The number of para-hydroxylation sites is 1. The summed E-state index contributed by atoms with van der Waals surface area (Å²) >= 11 is 0. The van der Waals surface area contributed by atoms with Gasteiger partial charge in [-0.2, -0.15) is 0 Å². The first kappa shape index (κ1) is 11.8. The summed E-state index contributed by atoms with van der Waals surface area (Å²) in [6, 6.07) is 16.6. The first-order valence-electron chi connectivity index (χ1n) is 6.49. The van der Waals surface area contributed by atoms with E-state index in [0.29, 0.717) is 6.61 Å². The Balaban J connectivity index is 1.80. The predicted octanol–water partition coefficient (Wildman–Crippen LogP) is 4.36. The molecule has 2 aromatic carbocycles. The van der Waals surface area contributed by atoms with Gasteiger partial charge in [0.05, 0.1) is 5.69 Å². The van der Waals surface area contributed by atoms with Crippen LogP contribution in [0.1, 0.15) is 16.8 Å². The number of hydrogen-bond acceptors (Lipinski definition) is 1. The molecule has 0 aliphatic heterocycles. The van der Waals surface area contributed by atoms with Crippen molar-refractivity contribution in [1.29, 1.82) is 0 Å². The van der Waals surface area contributed by atoms with Crippen molar-refractivity contribution in [3.63, 3.8) is 0 Å². The minimum atomic E-state index is 0.568. The lowest BCUT2D eigenvalue weighted by Crippen LogP contribution is -1.96. The molecule has 0 amide bonds. The maximum atomic E-state index is 5.85. The first-order valence-corrected chi connectivity index (χ1v) is 6.49. The highest BCUT2D eigenvalue weighted by Crippen LogP contribution is 2.20. The van der Waals surface area contributed by atoms with Gasteiger partial charge < -0.3 is 9.72 Å². The molecule has 1 N–H and O–H groups in total. The van der Waals surface area contributed by atoms with Crippen LogP contribution in [0.2, 0.25) is 0 Å². The molecule has 1 heterocycles. The lowest BCUT2D eigenvalue weighted by molar-refractivity contribution is 0.300. The van der Waals surface area contributed by atoms with Crippen molar-refractivity contribution < 1.29 is 4.74 Å². The van der Waals surface area contributed by atoms with Crippen LogP contribution >= 0.6 is 0 Å². The maximum absolute atomic E-state index is 5.85. The van der Waals surface area contributed by atoms with E-state index in [1.54, 1.807) is 0 Å². The normalized spacial score (nSPS) is 10.8. The standard InChI is InChI=1S/C17H17NO/c1-12-7-8-14-10-15(18-16(14)9-12)11-19-17-6-4-3-5-13(17)2/h3-10,18H,11H2,1-2H3. The van der Waals surface area contributed by atoms with Gasteiger partial charge in [-0.05, 0) is 48.6 Å². The molecule has 19 heavy (non-hydrogen) atoms. The average Bonchev–Trinajstić information content (AvgIpc) is 2.79. The number of ether oxygens (including phenoxy) is 1. The fourth-order valence-corrected chi connectivity index (χ4v) is 2.25. The SMILES string of the molecule is Cc1ccc2cc(COc3ccccc3C)[nH]c2c1. The third kappa shape index (κ3) is 2.48. The number of fused-ring (bicyclic) bond motifs is 1. The fraction of sp³-hybridized carbons (Fsp3) is 0.176. The Bertz CT molecular complexity index is 712. The number of H-pyrrole nitrogens is 1. The molecular weight excluding hydrogens is 234 g/mol. The third-order valence-electron chi connectivity index (χ3n) is 3.31. The molecule has 3 rings (SSSR count). The highest BCUT2D eigenvalue weighted by molar-refractivity contribution is 5.80. The molecule has 0 aliphatic rings. The van der Waals surface area contributed by atoms with E-state index < -0.39 is 0 Å². The number of rotatable bonds is 3. The molecule has 0 fully saturated rings. The van der Waals surface area contributed by atoms with Gasteiger partial charge in [-0.3, -0.25) is 0 Å². The maximum Gasteiger partial charge on any atom is 0.128 e. The highest BCUT2D eigenvalue weighted by Gasteiger charge is 2.03. The van der Waals surface area contributed by atoms with Crippen molar-refractivity contribution >= 4 is 10.9 Å². The van der Waals surface area contributed by atoms with Gasteiger partial charge in [0.2, 0.25) is 0 Å². The average molecular weight is 251 g/mol. The van der Waals surface area contributed by atoms with E-state index in [1.165, 1.54) is 16.5 Å². The van der Waals surface area contributed by atoms with Gasteiger partial charge in [0.1, 0.15) is 12.4 Å². The third-order valence-corrected chi connectivity index (χ3v) is 3.31. The van der Waals surface area contributed by atoms with Crippen molar-refractivity contribution in [2.24, 2.45) is 0 Å². The van der Waals surface area contributed by atoms with Crippen molar-refractivity contribution in [2.75, 3.05) is 0 Å². The molecule has 2 nitrogen and oxygen atoms in total. The summed E-state index contributed by atoms with van der Waals surface area (Å²) in [6.07, 6.45) is 0. The van der Waals surface area contributed by atoms with Crippen LogP contribution < -0.4 is 4.74 Å². The van der Waals surface area contributed by atoms with Crippen LogP contribution in [0.4, 0.5) is 0 Å². The van der Waals surface area contributed by atoms with Crippen molar-refractivity contribution in [3.05, 3.63) is 65.4 Å². The first-order chi connectivity index (χ1) is 9.22. The summed E-state index contributed by atoms with van der Waals surface area (Å²) in [5.41, 5.74) is 4.70. The second kappa shape index (κ2) is 4.81. The zero-order chi connectivity index (χ0) is 13.2. The summed E-state index contributed by atoms with van der Waals surface area (Å²) in [5.74, 6) is 0.942. The molecule has 0 unspecified atom stereocenters. The second-order valence-electron chi connectivity index (χ2n) is 4.94. The quantitative estimate of drug-likeness (QED) is 0.735. The second-order valence-corrected chi connectivity index (χ2v) is 4.94. The van der Waals surface area contributed by atoms with E-state index in [1.807, 2.05) is 18.2 Å². The lowest BCUT2D eigenvalue weighted by Gasteiger charge is -2.07. The summed E-state index contributed by atoms with van der Waals surface area (Å²) < 4.78 is 5.85. The molecule has 0 bridgehead atoms. The van der Waals surface area contributed by atoms with Crippen LogP contribution in [0.3, 0.4) is 0 Å². The Morgan fingerprint density at radius 1 is 1.00 bits per heavy atom. The van der Waals surface area contributed by atoms with Gasteiger partial charge in [0.25, 0.3) is 0 Å². The highest BCUT2D eigenvalue weighted by atomic mass is 16.5. The molecule has 0 atom stereocenters. The monoisotopic (exact) mass is 251 g/mol. The zero-order valence-electron chi connectivity index (χ0n) is 11.2. The number of nitrogens with one attached hydrogen (secondary N) is 1. The zero-order valence-corrected chi connectivity index (χ0v) is 11.2. The van der Waals surface area contributed by atoms with Gasteiger partial charge in [-0.1, -0.05) is 30.3 Å². The van der Waals surface area contributed by atoms with Gasteiger partial charge in [0, 0.05) is 5.52 Å². The fourth-order valence-electron chi connectivity index (χ4n) is 2.25. The summed E-state index contributed by atoms with van der Waals surface area (Å²) in [7, 11) is 0. The molecular formula is C17H17NO. The number of aryl methyl sites for hydroxylation is 2. The van der Waals surface area contributed by atoms with E-state index >= 15 is 0 Å². The Kier molecular flexibility index (Phi) is 3.00. The Hall–Kier alpha value is -2.22. The van der Waals surface area contributed by atoms with Crippen LogP contribution in [-0.4, -0.2) is 4.98 Å². The number of hydrogen-bond donors (Lipinski definition) is 1. The van der Waals surface area contributed by atoms with Crippen LogP contribution in [0.25, 0.3) is 10.9 Å². The van der Waals surface area contributed by atoms with E-state index in [9.17, 15) is 0 Å². The molecule has 0 radical (unpaired) electrons. The molecule has 0 aliphatic carbocycles. The van der Waals surface area contributed by atoms with Crippen LogP contribution in [0, 0.1) is 13.8 Å². The van der Waals surface area contributed by atoms with Crippen molar-refractivity contribution in [2.45, 2.75) is 20.5 Å². The minimum Gasteiger partial charge on any atom is -0.487 e. The number of benzene rings is 2. The summed E-state index contributed by atoms with van der Waals surface area (Å²) in [4.78, 5) is 3.40. The van der Waals surface area contributed by atoms with Gasteiger partial charge in [0.15, 0.2) is 0 Å². The smallest absolute Gasteiger partial charge is 0.128 e. The van der Waals surface area contributed by atoms with E-state index in [-0.39, 0.29) is 0 Å². The van der Waals surface area contributed by atoms with Crippen LogP contribution in [-0.2, 0) is 6.61 Å². The van der Waals surface area contributed by atoms with E-state index in [4.69, 9.17) is 4.74 Å². The molecule has 1 aromatic heterocycles. The van der Waals surface area contributed by atoms with E-state index in [0.717, 1.165) is 17.0 Å². The molecule has 2 heteroatoms. The lowest BCUT2D eigenvalue weighted by atomic mass is 10.2. The van der Waals surface area contributed by atoms with Gasteiger partial charge in [-0.25, -0.2) is 0 Å². The van der Waals surface area contributed by atoms with Gasteiger partial charge >= 0.3 is 0 Å². The molecule has 0 saturated heterocycles. The van der Waals surface area contributed by atoms with Gasteiger partial charge in [-0.15, -0.1) is 0 Å². The van der Waals surface area contributed by atoms with Crippen molar-refractivity contribution in [1.82, 2.24) is 4.98 Å². The Labute approximate surface area is 113 Å². The Morgan fingerprint density at radius 2 is 1.84 bits per heavy atom. The molecule has 96 valence electrons.